The minimum absolute atomic E-state index is 0.0275. The molecule has 1 unspecified atom stereocenters. The van der Waals surface area contributed by atoms with E-state index in [1.54, 1.807) is 11.3 Å². The first-order chi connectivity index (χ1) is 12.8. The zero-order valence-electron chi connectivity index (χ0n) is 16.2. The summed E-state index contributed by atoms with van der Waals surface area (Å²) in [5.41, 5.74) is 7.31. The summed E-state index contributed by atoms with van der Waals surface area (Å²) in [5, 5.41) is 6.13. The smallest absolute Gasteiger partial charge is 0.247 e. The van der Waals surface area contributed by atoms with Crippen molar-refractivity contribution in [2.75, 3.05) is 17.5 Å². The first-order valence-corrected chi connectivity index (χ1v) is 10.5. The molecule has 1 amide bonds. The summed E-state index contributed by atoms with van der Waals surface area (Å²) in [5.74, 6) is 0.0275. The van der Waals surface area contributed by atoms with Crippen LogP contribution in [0.2, 0.25) is 0 Å². The summed E-state index contributed by atoms with van der Waals surface area (Å²) < 4.78 is 14.1. The van der Waals surface area contributed by atoms with Crippen LogP contribution in [0.25, 0.3) is 0 Å². The zero-order chi connectivity index (χ0) is 19.6. The Bertz CT molecular complexity index is 897. The Balaban J connectivity index is 1.71. The van der Waals surface area contributed by atoms with E-state index in [-0.39, 0.29) is 5.91 Å². The number of carbonyl (C=O) groups is 1. The van der Waals surface area contributed by atoms with Crippen LogP contribution in [0, 0.1) is 20.8 Å². The van der Waals surface area contributed by atoms with E-state index < -0.39 is 11.0 Å². The van der Waals surface area contributed by atoms with E-state index in [2.05, 4.69) is 42.7 Å². The molecule has 0 saturated heterocycles. The molecule has 0 spiro atoms. The Kier molecular flexibility index (Phi) is 5.75. The van der Waals surface area contributed by atoms with Crippen LogP contribution >= 0.6 is 0 Å². The first kappa shape index (κ1) is 19.3. The zero-order valence-corrected chi connectivity index (χ0v) is 17.0. The highest BCUT2D eigenvalue weighted by Gasteiger charge is 2.22. The fourth-order valence-electron chi connectivity index (χ4n) is 3.47. The molecule has 5 nitrogen and oxygen atoms in total. The van der Waals surface area contributed by atoms with Gasteiger partial charge >= 0.3 is 0 Å². The maximum absolute atomic E-state index is 12.7. The van der Waals surface area contributed by atoms with Crippen LogP contribution in [0.4, 0.5) is 5.69 Å². The van der Waals surface area contributed by atoms with Gasteiger partial charge in [-0.25, -0.2) is 9.22 Å². The number of rotatable bonds is 5. The van der Waals surface area contributed by atoms with Gasteiger partial charge in [-0.15, -0.1) is 0 Å². The average molecular weight is 384 g/mol. The summed E-state index contributed by atoms with van der Waals surface area (Å²) in [6.07, 6.45) is 2.71. The Morgan fingerprint density at radius 1 is 1.15 bits per heavy atom. The Labute approximate surface area is 163 Å². The van der Waals surface area contributed by atoms with Crippen LogP contribution in [-0.2, 0) is 22.2 Å². The van der Waals surface area contributed by atoms with Crippen LogP contribution in [0.3, 0.4) is 0 Å². The minimum Gasteiger partial charge on any atom is -0.305 e. The summed E-state index contributed by atoms with van der Waals surface area (Å²) in [4.78, 5) is 12.7. The van der Waals surface area contributed by atoms with E-state index in [1.807, 2.05) is 24.3 Å². The number of nitrogens with zero attached hydrogens (tertiary/aromatic N) is 2. The van der Waals surface area contributed by atoms with Gasteiger partial charge in [0.2, 0.25) is 5.91 Å². The third-order valence-corrected chi connectivity index (χ3v) is 5.26. The number of hydrazone groups is 1. The number of hydrogen-bond acceptors (Lipinski definition) is 3. The highest BCUT2D eigenvalue weighted by Crippen LogP contribution is 2.21. The lowest BCUT2D eigenvalue weighted by Crippen LogP contribution is -2.25. The van der Waals surface area contributed by atoms with Crippen molar-refractivity contribution in [3.63, 3.8) is 0 Å². The molecule has 6 heteroatoms. The number of amides is 1. The largest absolute Gasteiger partial charge is 0.305 e. The van der Waals surface area contributed by atoms with Crippen LogP contribution in [0.5, 0.6) is 0 Å². The summed E-state index contributed by atoms with van der Waals surface area (Å²) in [6, 6.07) is 11.9. The standard InChI is InChI=1S/C21H25N3O2S/c1-14-11-15(2)19(16(3)12-14)13-21(25)24-10-9-20(22-24)17-5-7-18(8-6-17)23-27(4)26/h5-8,11-12,23H,9-10,13H2,1-4H3. The van der Waals surface area contributed by atoms with Gasteiger partial charge < -0.3 is 4.72 Å². The Hall–Kier alpha value is -2.47. The Morgan fingerprint density at radius 3 is 2.37 bits per heavy atom. The molecule has 0 bridgehead atoms. The summed E-state index contributed by atoms with van der Waals surface area (Å²) in [7, 11) is -1.10. The monoisotopic (exact) mass is 383 g/mol. The molecule has 1 N–H and O–H groups in total. The van der Waals surface area contributed by atoms with Gasteiger partial charge in [-0.1, -0.05) is 29.8 Å². The molecule has 3 rings (SSSR count). The highest BCUT2D eigenvalue weighted by molar-refractivity contribution is 7.85. The molecule has 142 valence electrons. The molecule has 0 aliphatic carbocycles. The van der Waals surface area contributed by atoms with Gasteiger partial charge in [-0.2, -0.15) is 5.10 Å². The first-order valence-electron chi connectivity index (χ1n) is 8.98. The minimum atomic E-state index is -1.10. The quantitative estimate of drug-likeness (QED) is 0.859. The van der Waals surface area contributed by atoms with Crippen molar-refractivity contribution in [3.05, 3.63) is 64.2 Å². The van der Waals surface area contributed by atoms with Gasteiger partial charge in [-0.3, -0.25) is 4.79 Å². The lowest BCUT2D eigenvalue weighted by atomic mass is 9.97. The molecule has 0 saturated carbocycles. The summed E-state index contributed by atoms with van der Waals surface area (Å²) in [6.45, 7) is 6.79. The highest BCUT2D eigenvalue weighted by atomic mass is 32.2. The SMILES string of the molecule is Cc1cc(C)c(CC(=O)N2CCC(c3ccc(NS(C)=O)cc3)=N2)c(C)c1. The molecule has 2 aromatic carbocycles. The van der Waals surface area contributed by atoms with Gasteiger partial charge in [0.1, 0.15) is 11.0 Å². The molecule has 0 aromatic heterocycles. The fraction of sp³-hybridized carbons (Fsp3) is 0.333. The van der Waals surface area contributed by atoms with E-state index in [0.717, 1.165) is 40.1 Å². The number of benzene rings is 2. The van der Waals surface area contributed by atoms with E-state index >= 15 is 0 Å². The predicted molar refractivity (Wildman–Crippen MR) is 111 cm³/mol. The van der Waals surface area contributed by atoms with Crippen molar-refractivity contribution < 1.29 is 9.00 Å². The molecule has 0 fully saturated rings. The van der Waals surface area contributed by atoms with Gasteiger partial charge in [0.15, 0.2) is 0 Å². The van der Waals surface area contributed by atoms with Gasteiger partial charge in [0.05, 0.1) is 18.7 Å². The van der Waals surface area contributed by atoms with E-state index in [1.165, 1.54) is 5.56 Å². The summed E-state index contributed by atoms with van der Waals surface area (Å²) >= 11 is 0. The molecular weight excluding hydrogens is 358 g/mol. The molecule has 1 heterocycles. The van der Waals surface area contributed by atoms with Crippen molar-refractivity contribution in [2.45, 2.75) is 33.6 Å². The van der Waals surface area contributed by atoms with Crippen LogP contribution < -0.4 is 4.72 Å². The number of carbonyl (C=O) groups excluding carboxylic acids is 1. The fourth-order valence-corrected chi connectivity index (χ4v) is 3.94. The molecule has 0 radical (unpaired) electrons. The number of anilines is 1. The normalized spacial score (nSPS) is 14.8. The van der Waals surface area contributed by atoms with Crippen LogP contribution in [0.15, 0.2) is 41.5 Å². The van der Waals surface area contributed by atoms with Gasteiger partial charge in [0.25, 0.3) is 0 Å². The maximum Gasteiger partial charge on any atom is 0.247 e. The van der Waals surface area contributed by atoms with Crippen LogP contribution in [-0.4, -0.2) is 33.6 Å². The third kappa shape index (κ3) is 4.63. The number of hydrogen-bond donors (Lipinski definition) is 1. The number of aryl methyl sites for hydroxylation is 3. The molecule has 1 aliphatic heterocycles. The predicted octanol–water partition coefficient (Wildman–Crippen LogP) is 3.50. The Morgan fingerprint density at radius 2 is 1.78 bits per heavy atom. The third-order valence-electron chi connectivity index (χ3n) is 4.74. The molecular formula is C21H25N3O2S. The van der Waals surface area contributed by atoms with Crippen molar-refractivity contribution in [2.24, 2.45) is 5.10 Å². The van der Waals surface area contributed by atoms with Crippen molar-refractivity contribution >= 4 is 28.3 Å². The van der Waals surface area contributed by atoms with Crippen molar-refractivity contribution in [1.29, 1.82) is 0 Å². The lowest BCUT2D eigenvalue weighted by molar-refractivity contribution is -0.130. The molecule has 27 heavy (non-hydrogen) atoms. The van der Waals surface area contributed by atoms with E-state index in [9.17, 15) is 9.00 Å². The maximum atomic E-state index is 12.7. The second-order valence-corrected chi connectivity index (χ2v) is 8.11. The van der Waals surface area contributed by atoms with Crippen molar-refractivity contribution in [1.82, 2.24) is 5.01 Å². The molecule has 1 atom stereocenters. The van der Waals surface area contributed by atoms with Gasteiger partial charge in [0, 0.05) is 18.4 Å². The number of nitrogens with one attached hydrogen (secondary N) is 1. The second-order valence-electron chi connectivity index (χ2n) is 7.00. The van der Waals surface area contributed by atoms with Gasteiger partial charge in [-0.05, 0) is 55.2 Å². The topological polar surface area (TPSA) is 61.8 Å². The lowest BCUT2D eigenvalue weighted by Gasteiger charge is -2.15. The molecule has 1 aliphatic rings. The van der Waals surface area contributed by atoms with Crippen molar-refractivity contribution in [3.8, 4) is 0 Å². The van der Waals surface area contributed by atoms with Crippen LogP contribution in [0.1, 0.15) is 34.2 Å². The molecule has 2 aromatic rings. The van der Waals surface area contributed by atoms with E-state index in [0.29, 0.717) is 13.0 Å². The van der Waals surface area contributed by atoms with E-state index in [4.69, 9.17) is 0 Å². The average Bonchev–Trinajstić information content (AvgIpc) is 3.08. The second kappa shape index (κ2) is 8.05.